The van der Waals surface area contributed by atoms with Gasteiger partial charge in [-0.3, -0.25) is 11.3 Å². The van der Waals surface area contributed by atoms with Crippen LogP contribution in [0.5, 0.6) is 5.75 Å². The Morgan fingerprint density at radius 1 is 1.10 bits per heavy atom. The van der Waals surface area contributed by atoms with Gasteiger partial charge in [0.25, 0.3) is 0 Å². The van der Waals surface area contributed by atoms with Crippen LogP contribution in [-0.4, -0.2) is 7.11 Å². The maximum absolute atomic E-state index is 5.78. The fraction of sp³-hybridized carbons (Fsp3) is 0.333. The topological polar surface area (TPSA) is 47.3 Å². The molecule has 0 amide bonds. The maximum atomic E-state index is 5.78. The molecule has 2 aromatic carbocycles. The lowest BCUT2D eigenvalue weighted by Gasteiger charge is -2.20. The molecule has 0 spiro atoms. The summed E-state index contributed by atoms with van der Waals surface area (Å²) in [6.45, 7) is 4.24. The van der Waals surface area contributed by atoms with Gasteiger partial charge in [-0.25, -0.2) is 0 Å². The normalized spacial score (nSPS) is 12.2. The van der Waals surface area contributed by atoms with E-state index in [1.54, 1.807) is 7.11 Å². The average Bonchev–Trinajstić information content (AvgIpc) is 2.53. The molecule has 1 atom stereocenters. The molecule has 0 radical (unpaired) electrons. The zero-order valence-corrected chi connectivity index (χ0v) is 13.0. The second-order valence-electron chi connectivity index (χ2n) is 5.34. The Hall–Kier alpha value is -1.84. The molecule has 0 saturated carbocycles. The lowest BCUT2D eigenvalue weighted by atomic mass is 9.96. The number of methoxy groups -OCH3 is 1. The number of ether oxygens (including phenoxy) is 1. The molecule has 3 nitrogen and oxygen atoms in total. The number of hydrogen-bond acceptors (Lipinski definition) is 3. The van der Waals surface area contributed by atoms with Gasteiger partial charge in [-0.2, -0.15) is 0 Å². The number of benzene rings is 2. The van der Waals surface area contributed by atoms with Gasteiger partial charge in [0.05, 0.1) is 13.2 Å². The van der Waals surface area contributed by atoms with E-state index >= 15 is 0 Å². The molecule has 0 fully saturated rings. The van der Waals surface area contributed by atoms with Gasteiger partial charge in [0, 0.05) is 5.56 Å². The minimum Gasteiger partial charge on any atom is -0.496 e. The molecule has 0 aliphatic rings. The van der Waals surface area contributed by atoms with Crippen molar-refractivity contribution in [3.8, 4) is 5.75 Å². The van der Waals surface area contributed by atoms with E-state index in [9.17, 15) is 0 Å². The van der Waals surface area contributed by atoms with Crippen molar-refractivity contribution >= 4 is 0 Å². The number of hydrazine groups is 1. The van der Waals surface area contributed by atoms with Gasteiger partial charge in [0.15, 0.2) is 0 Å². The average molecular weight is 284 g/mol. The van der Waals surface area contributed by atoms with Gasteiger partial charge < -0.3 is 4.74 Å². The number of aryl methyl sites for hydroxylation is 2. The molecule has 3 N–H and O–H groups in total. The molecule has 2 rings (SSSR count). The third kappa shape index (κ3) is 3.84. The van der Waals surface area contributed by atoms with Crippen molar-refractivity contribution in [3.63, 3.8) is 0 Å². The van der Waals surface area contributed by atoms with Gasteiger partial charge in [-0.05, 0) is 37.0 Å². The fourth-order valence-corrected chi connectivity index (χ4v) is 2.53. The van der Waals surface area contributed by atoms with Crippen molar-refractivity contribution in [3.05, 3.63) is 64.7 Å². The molecular weight excluding hydrogens is 260 g/mol. The Morgan fingerprint density at radius 2 is 1.76 bits per heavy atom. The molecule has 0 heterocycles. The first-order chi connectivity index (χ1) is 10.2. The van der Waals surface area contributed by atoms with Crippen molar-refractivity contribution in [2.45, 2.75) is 32.7 Å². The van der Waals surface area contributed by atoms with E-state index in [0.717, 1.165) is 24.2 Å². The van der Waals surface area contributed by atoms with Crippen molar-refractivity contribution < 1.29 is 4.74 Å². The molecule has 1 unspecified atom stereocenters. The van der Waals surface area contributed by atoms with Crippen LogP contribution in [0.25, 0.3) is 0 Å². The van der Waals surface area contributed by atoms with Crippen molar-refractivity contribution in [2.75, 3.05) is 7.11 Å². The quantitative estimate of drug-likeness (QED) is 0.632. The molecule has 112 valence electrons. The third-order valence-electron chi connectivity index (χ3n) is 3.83. The smallest absolute Gasteiger partial charge is 0.123 e. The summed E-state index contributed by atoms with van der Waals surface area (Å²) in [4.78, 5) is 0. The third-order valence-corrected chi connectivity index (χ3v) is 3.83. The van der Waals surface area contributed by atoms with E-state index in [1.807, 2.05) is 12.1 Å². The summed E-state index contributed by atoms with van der Waals surface area (Å²) in [7, 11) is 1.69. The van der Waals surface area contributed by atoms with Crippen LogP contribution >= 0.6 is 0 Å². The Kier molecular flexibility index (Phi) is 5.37. The summed E-state index contributed by atoms with van der Waals surface area (Å²) in [6.07, 6.45) is 1.89. The second-order valence-corrected chi connectivity index (χ2v) is 5.34. The zero-order chi connectivity index (χ0) is 15.2. The lowest BCUT2D eigenvalue weighted by Crippen LogP contribution is -2.30. The largest absolute Gasteiger partial charge is 0.496 e. The van der Waals surface area contributed by atoms with E-state index in [-0.39, 0.29) is 6.04 Å². The number of hydrogen-bond donors (Lipinski definition) is 2. The molecule has 0 aliphatic heterocycles. The predicted octanol–water partition coefficient (Wildman–Crippen LogP) is 3.31. The monoisotopic (exact) mass is 284 g/mol. The highest BCUT2D eigenvalue weighted by Crippen LogP contribution is 2.28. The second kappa shape index (κ2) is 7.25. The van der Waals surface area contributed by atoms with Gasteiger partial charge in [0.1, 0.15) is 5.75 Å². The zero-order valence-electron chi connectivity index (χ0n) is 13.0. The van der Waals surface area contributed by atoms with Crippen molar-refractivity contribution in [1.29, 1.82) is 0 Å². The fourth-order valence-electron chi connectivity index (χ4n) is 2.53. The molecule has 21 heavy (non-hydrogen) atoms. The molecule has 0 bridgehead atoms. The minimum atomic E-state index is 0.0346. The van der Waals surface area contributed by atoms with Crippen LogP contribution in [0.1, 0.15) is 35.2 Å². The van der Waals surface area contributed by atoms with Crippen LogP contribution in [0.4, 0.5) is 0 Å². The van der Waals surface area contributed by atoms with Gasteiger partial charge >= 0.3 is 0 Å². The van der Waals surface area contributed by atoms with Crippen LogP contribution in [-0.2, 0) is 12.8 Å². The summed E-state index contributed by atoms with van der Waals surface area (Å²) in [6, 6.07) is 14.9. The van der Waals surface area contributed by atoms with Crippen LogP contribution in [0.15, 0.2) is 42.5 Å². The SMILES string of the molecule is CCc1ccc(CC(NN)c2cc(C)ccc2OC)cc1. The Labute approximate surface area is 127 Å². The number of rotatable bonds is 6. The molecule has 2 aromatic rings. The minimum absolute atomic E-state index is 0.0346. The van der Waals surface area contributed by atoms with Gasteiger partial charge in [-0.1, -0.05) is 48.9 Å². The van der Waals surface area contributed by atoms with Crippen LogP contribution in [0, 0.1) is 6.92 Å². The summed E-state index contributed by atoms with van der Waals surface area (Å²) >= 11 is 0. The Balaban J connectivity index is 2.24. The maximum Gasteiger partial charge on any atom is 0.123 e. The predicted molar refractivity (Wildman–Crippen MR) is 87.3 cm³/mol. The van der Waals surface area contributed by atoms with E-state index in [1.165, 1.54) is 16.7 Å². The first-order valence-electron chi connectivity index (χ1n) is 7.36. The molecular formula is C18H24N2O. The summed E-state index contributed by atoms with van der Waals surface area (Å²) < 4.78 is 5.46. The van der Waals surface area contributed by atoms with Crippen molar-refractivity contribution in [1.82, 2.24) is 5.43 Å². The molecule has 0 saturated heterocycles. The number of nitrogens with one attached hydrogen (secondary N) is 1. The van der Waals surface area contributed by atoms with E-state index < -0.39 is 0 Å². The summed E-state index contributed by atoms with van der Waals surface area (Å²) in [5.41, 5.74) is 7.83. The van der Waals surface area contributed by atoms with E-state index in [0.29, 0.717) is 0 Å². The molecule has 3 heteroatoms. The first kappa shape index (κ1) is 15.5. The summed E-state index contributed by atoms with van der Waals surface area (Å²) in [5, 5.41) is 0. The highest BCUT2D eigenvalue weighted by molar-refractivity contribution is 5.40. The number of nitrogens with two attached hydrogens (primary N) is 1. The van der Waals surface area contributed by atoms with Gasteiger partial charge in [-0.15, -0.1) is 0 Å². The molecule has 0 aromatic heterocycles. The molecule has 0 aliphatic carbocycles. The van der Waals surface area contributed by atoms with E-state index in [4.69, 9.17) is 10.6 Å². The van der Waals surface area contributed by atoms with Crippen LogP contribution in [0.3, 0.4) is 0 Å². The van der Waals surface area contributed by atoms with Crippen molar-refractivity contribution in [2.24, 2.45) is 5.84 Å². The summed E-state index contributed by atoms with van der Waals surface area (Å²) in [5.74, 6) is 6.65. The highest BCUT2D eigenvalue weighted by atomic mass is 16.5. The Morgan fingerprint density at radius 3 is 2.33 bits per heavy atom. The first-order valence-corrected chi connectivity index (χ1v) is 7.36. The van der Waals surface area contributed by atoms with Crippen LogP contribution < -0.4 is 16.0 Å². The highest BCUT2D eigenvalue weighted by Gasteiger charge is 2.15. The lowest BCUT2D eigenvalue weighted by molar-refractivity contribution is 0.399. The Bertz CT molecular complexity index is 578. The van der Waals surface area contributed by atoms with Crippen LogP contribution in [0.2, 0.25) is 0 Å². The van der Waals surface area contributed by atoms with E-state index in [2.05, 4.69) is 49.6 Å². The van der Waals surface area contributed by atoms with Gasteiger partial charge in [0.2, 0.25) is 0 Å². The standard InChI is InChI=1S/C18H24N2O/c1-4-14-6-8-15(9-7-14)12-17(20-19)16-11-13(2)5-10-18(16)21-3/h5-11,17,20H,4,12,19H2,1-3H3.